The molecular weight excluding hydrogens is 921 g/mol. The van der Waals surface area contributed by atoms with Crippen molar-refractivity contribution in [3.8, 4) is 28.3 Å². The normalized spacial score (nSPS) is 24.4. The number of hydrogen-bond donors (Lipinski definition) is 0. The summed E-state index contributed by atoms with van der Waals surface area (Å²) in [6.45, 7) is 13.5. The van der Waals surface area contributed by atoms with Crippen molar-refractivity contribution in [2.75, 3.05) is 0 Å². The fourth-order valence-corrected chi connectivity index (χ4v) is 19.3. The van der Waals surface area contributed by atoms with E-state index in [-0.39, 0.29) is 0 Å². The zero-order chi connectivity index (χ0) is 49.7. The van der Waals surface area contributed by atoms with Gasteiger partial charge in [-0.2, -0.15) is 5.26 Å². The largest absolute Gasteiger partial charge is 0.309 e. The maximum absolute atomic E-state index is 11.3. The highest BCUT2D eigenvalue weighted by atomic mass is 14.9. The van der Waals surface area contributed by atoms with Crippen LogP contribution in [-0.2, 0) is 0 Å². The number of benzene rings is 9. The summed E-state index contributed by atoms with van der Waals surface area (Å²) in [5.41, 5.74) is 22.7. The first-order valence-electron chi connectivity index (χ1n) is 28.7. The van der Waals surface area contributed by atoms with Crippen molar-refractivity contribution in [2.45, 2.75) is 102 Å². The van der Waals surface area contributed by atoms with Gasteiger partial charge in [0.25, 0.3) is 0 Å². The molecule has 8 aliphatic carbocycles. The molecule has 4 atom stereocenters. The molecule has 4 nitrogen and oxygen atoms in total. The Morgan fingerprint density at radius 2 is 0.868 bits per heavy atom. The second kappa shape index (κ2) is 14.1. The van der Waals surface area contributed by atoms with Crippen LogP contribution in [0.3, 0.4) is 0 Å². The number of nitrogens with zero attached hydrogens (tertiary/aromatic N) is 4. The van der Waals surface area contributed by atoms with Gasteiger partial charge in [0.2, 0.25) is 0 Å². The predicted molar refractivity (Wildman–Crippen MR) is 313 cm³/mol. The molecule has 9 aromatic carbocycles. The minimum absolute atomic E-state index is 0.457. The summed E-state index contributed by atoms with van der Waals surface area (Å²) in [7, 11) is 0. The second-order valence-corrected chi connectivity index (χ2v) is 25.4. The van der Waals surface area contributed by atoms with E-state index in [1.54, 1.807) is 0 Å². The van der Waals surface area contributed by atoms with Crippen molar-refractivity contribution in [3.63, 3.8) is 0 Å². The van der Waals surface area contributed by atoms with Gasteiger partial charge in [0.1, 0.15) is 0 Å². The van der Waals surface area contributed by atoms with E-state index in [1.165, 1.54) is 218 Å². The first-order valence-corrected chi connectivity index (χ1v) is 28.7. The molecule has 4 heteroatoms. The average molecular weight is 975 g/mol. The van der Waals surface area contributed by atoms with Crippen molar-refractivity contribution < 1.29 is 0 Å². The summed E-state index contributed by atoms with van der Waals surface area (Å²) in [6.07, 6.45) is 12.6. The zero-order valence-electron chi connectivity index (χ0n) is 43.0. The molecule has 8 bridgehead atoms. The summed E-state index contributed by atoms with van der Waals surface area (Å²) in [6, 6.07) is 49.8. The van der Waals surface area contributed by atoms with Gasteiger partial charge in [-0.3, -0.25) is 0 Å². The summed E-state index contributed by atoms with van der Waals surface area (Å²) in [5.74, 6) is 4.86. The molecule has 0 aliphatic heterocycles. The minimum Gasteiger partial charge on any atom is -0.309 e. The molecule has 0 amide bonds. The maximum Gasteiger partial charge on any atom is 0.193 e. The fraction of sp³-hybridized carbons (Fsp3) is 0.278. The van der Waals surface area contributed by atoms with Gasteiger partial charge >= 0.3 is 0 Å². The molecule has 0 saturated heterocycles. The van der Waals surface area contributed by atoms with Crippen LogP contribution in [0.15, 0.2) is 121 Å². The van der Waals surface area contributed by atoms with E-state index in [2.05, 4.69) is 155 Å². The van der Waals surface area contributed by atoms with Gasteiger partial charge in [0.05, 0.1) is 45.8 Å². The Bertz CT molecular complexity index is 4610. The van der Waals surface area contributed by atoms with Gasteiger partial charge in [-0.15, -0.1) is 0 Å². The van der Waals surface area contributed by atoms with E-state index in [0.29, 0.717) is 23.7 Å². The number of rotatable bonds is 2. The Kier molecular flexibility index (Phi) is 7.68. The molecule has 4 unspecified atom stereocenters. The van der Waals surface area contributed by atoms with Crippen molar-refractivity contribution in [3.05, 3.63) is 172 Å². The molecule has 0 spiro atoms. The Hall–Kier alpha value is -7.92. The van der Waals surface area contributed by atoms with Crippen LogP contribution >= 0.6 is 0 Å². The fourth-order valence-electron chi connectivity index (χ4n) is 19.3. The standard InChI is InChI=1S/C72H54N4/c1-35-12-14-41-8-4-6-10-50(41)63(35)47-26-54-52-32-60-53(31-59(52)75-61-30-49(34-73)65-43-18-37-16-38(19-43)23-45(22-37)67(65)69(61)56(28-47)71(54)75)55-27-48(64-36(2)13-15-42-9-5-7-11-51(42)64)29-57-70-62(76(60)72(55)57)33-58(74-3)66-44-20-39-17-40(21-44)25-46(24-39)68(66)70/h4-15,26-33,37-40,43-46H,16-25H2,1-2H3. The molecule has 21 rings (SSSR count). The lowest BCUT2D eigenvalue weighted by Crippen LogP contribution is -2.25. The molecular formula is C72H54N4. The SMILES string of the molecule is [C-]#[N+]c1cc2c(c3c1C1CC4CC(C1)CC3C4)c1cc(-c3c(C)ccc4ccccc34)cc3c4cc5c(cc4n2c31)c1cc(-c2c(C)ccc3ccccc23)cc2c3c4c(c(C#N)cc3n5c12)C1CC2CC(C1)CC4C2. The number of aromatic nitrogens is 2. The number of hydrogen-bond acceptors (Lipinski definition) is 1. The van der Waals surface area contributed by atoms with E-state index < -0.39 is 0 Å². The minimum atomic E-state index is 0.457. The molecule has 8 aliphatic rings. The van der Waals surface area contributed by atoms with E-state index in [0.717, 1.165) is 34.9 Å². The van der Waals surface area contributed by atoms with Gasteiger partial charge in [-0.05, 0) is 251 Å². The summed E-state index contributed by atoms with van der Waals surface area (Å²) in [4.78, 5) is 4.49. The smallest absolute Gasteiger partial charge is 0.193 e. The molecule has 362 valence electrons. The summed E-state index contributed by atoms with van der Waals surface area (Å²) < 4.78 is 5.22. The molecule has 76 heavy (non-hydrogen) atoms. The lowest BCUT2D eigenvalue weighted by Gasteiger charge is -2.38. The van der Waals surface area contributed by atoms with E-state index in [1.807, 2.05) is 0 Å². The third-order valence-corrected chi connectivity index (χ3v) is 21.6. The average Bonchev–Trinajstić information content (AvgIpc) is 4.07. The Morgan fingerprint density at radius 1 is 0.434 bits per heavy atom. The molecule has 0 N–H and O–H groups in total. The van der Waals surface area contributed by atoms with Crippen LogP contribution in [0.2, 0.25) is 0 Å². The van der Waals surface area contributed by atoms with Gasteiger partial charge in [0, 0.05) is 48.6 Å². The topological polar surface area (TPSA) is 37.0 Å². The lowest BCUT2D eigenvalue weighted by molar-refractivity contribution is 0.166. The Labute approximate surface area is 440 Å². The highest BCUT2D eigenvalue weighted by molar-refractivity contribution is 6.31. The maximum atomic E-state index is 11.3. The monoisotopic (exact) mass is 974 g/mol. The van der Waals surface area contributed by atoms with E-state index in [4.69, 9.17) is 6.57 Å². The van der Waals surface area contributed by atoms with E-state index in [9.17, 15) is 5.26 Å². The van der Waals surface area contributed by atoms with Crippen molar-refractivity contribution in [2.24, 2.45) is 23.7 Å². The predicted octanol–water partition coefficient (Wildman–Crippen LogP) is 19.4. The van der Waals surface area contributed by atoms with Crippen LogP contribution in [0.25, 0.3) is 125 Å². The van der Waals surface area contributed by atoms with Gasteiger partial charge in [-0.25, -0.2) is 4.85 Å². The molecule has 4 saturated carbocycles. The quantitative estimate of drug-likeness (QED) is 0.159. The van der Waals surface area contributed by atoms with Crippen LogP contribution in [0.1, 0.15) is 127 Å². The summed E-state index contributed by atoms with van der Waals surface area (Å²) >= 11 is 0. The van der Waals surface area contributed by atoms with Crippen LogP contribution in [0.4, 0.5) is 5.69 Å². The first-order chi connectivity index (χ1) is 37.3. The summed E-state index contributed by atoms with van der Waals surface area (Å²) in [5, 5.41) is 26.9. The van der Waals surface area contributed by atoms with E-state index >= 15 is 0 Å². The second-order valence-electron chi connectivity index (χ2n) is 25.4. The number of aryl methyl sites for hydroxylation is 2. The molecule has 4 aromatic heterocycles. The Morgan fingerprint density at radius 3 is 1.36 bits per heavy atom. The van der Waals surface area contributed by atoms with Crippen LogP contribution in [-0.4, -0.2) is 8.80 Å². The third-order valence-electron chi connectivity index (χ3n) is 21.6. The van der Waals surface area contributed by atoms with Crippen LogP contribution in [0.5, 0.6) is 0 Å². The number of fused-ring (bicyclic) bond motifs is 14. The van der Waals surface area contributed by atoms with Crippen LogP contribution < -0.4 is 0 Å². The lowest BCUT2D eigenvalue weighted by atomic mass is 9.67. The van der Waals surface area contributed by atoms with Crippen molar-refractivity contribution in [1.82, 2.24) is 8.80 Å². The molecule has 13 aromatic rings. The highest BCUT2D eigenvalue weighted by Crippen LogP contribution is 2.63. The van der Waals surface area contributed by atoms with Gasteiger partial charge in [-0.1, -0.05) is 72.8 Å². The number of nitriles is 1. The third kappa shape index (κ3) is 5.02. The molecule has 4 fully saturated rings. The Balaban J connectivity index is 1.01. The molecule has 0 radical (unpaired) electrons. The molecule has 4 heterocycles. The zero-order valence-corrected chi connectivity index (χ0v) is 43.0. The first kappa shape index (κ1) is 41.3. The highest BCUT2D eigenvalue weighted by Gasteiger charge is 2.46. The van der Waals surface area contributed by atoms with Gasteiger partial charge < -0.3 is 8.80 Å². The van der Waals surface area contributed by atoms with Gasteiger partial charge in [0.15, 0.2) is 5.69 Å². The van der Waals surface area contributed by atoms with Crippen LogP contribution in [0, 0.1) is 55.4 Å². The van der Waals surface area contributed by atoms with Crippen molar-refractivity contribution in [1.29, 1.82) is 5.26 Å². The van der Waals surface area contributed by atoms with Crippen molar-refractivity contribution >= 4 is 103 Å².